The average molecular weight is 882 g/mol. The van der Waals surface area contributed by atoms with E-state index < -0.39 is 11.6 Å². The van der Waals surface area contributed by atoms with Gasteiger partial charge in [0.15, 0.2) is 17.1 Å². The quantitative estimate of drug-likeness (QED) is 0.0710. The molecule has 0 radical (unpaired) electrons. The molecule has 1 aliphatic carbocycles. The smallest absolute Gasteiger partial charge is 0.329 e. The number of imide groups is 1. The second-order valence-electron chi connectivity index (χ2n) is 16.8. The largest absolute Gasteiger partial charge is 0.485 e. The Morgan fingerprint density at radius 3 is 2.71 bits per heavy atom. The number of aryl methyl sites for hydroxylation is 1. The first-order chi connectivity index (χ1) is 30.1. The summed E-state index contributed by atoms with van der Waals surface area (Å²) in [5.41, 5.74) is 15.7. The van der Waals surface area contributed by atoms with Crippen LogP contribution in [0.15, 0.2) is 81.9 Å². The van der Waals surface area contributed by atoms with E-state index in [2.05, 4.69) is 81.6 Å². The molecule has 2 aliphatic rings. The summed E-state index contributed by atoms with van der Waals surface area (Å²) in [6, 6.07) is 13.8. The summed E-state index contributed by atoms with van der Waals surface area (Å²) in [5, 5.41) is 22.9. The maximum atomic E-state index is 16.0. The summed E-state index contributed by atoms with van der Waals surface area (Å²) >= 11 is 1.64. The van der Waals surface area contributed by atoms with Gasteiger partial charge in [0.25, 0.3) is 0 Å². The number of benzene rings is 2. The third-order valence-corrected chi connectivity index (χ3v) is 12.3. The molecule has 18 heteroatoms. The topological polar surface area (TPSA) is 210 Å². The van der Waals surface area contributed by atoms with Gasteiger partial charge in [0.05, 0.1) is 23.8 Å². The van der Waals surface area contributed by atoms with Crippen LogP contribution in [0.2, 0.25) is 0 Å². The van der Waals surface area contributed by atoms with E-state index in [0.717, 1.165) is 52.7 Å². The summed E-state index contributed by atoms with van der Waals surface area (Å²) < 4.78 is 25.2. The van der Waals surface area contributed by atoms with Crippen molar-refractivity contribution in [3.8, 4) is 5.75 Å². The number of halogens is 1. The number of hydrogen-bond donors (Lipinski definition) is 5. The molecule has 0 saturated carbocycles. The molecular weight excluding hydrogens is 822 g/mol. The van der Waals surface area contributed by atoms with Crippen molar-refractivity contribution < 1.29 is 18.7 Å². The minimum atomic E-state index is -0.940. The highest BCUT2D eigenvalue weighted by Gasteiger charge is 2.35. The maximum absolute atomic E-state index is 16.0. The van der Waals surface area contributed by atoms with Crippen LogP contribution in [0.3, 0.4) is 0 Å². The van der Waals surface area contributed by atoms with Gasteiger partial charge in [-0.05, 0) is 94.3 Å². The Labute approximate surface area is 372 Å². The predicted molar refractivity (Wildman–Crippen MR) is 250 cm³/mol. The molecule has 16 nitrogen and oxygen atoms in total. The van der Waals surface area contributed by atoms with Crippen LogP contribution < -0.4 is 42.1 Å². The first-order valence-corrected chi connectivity index (χ1v) is 22.2. The van der Waals surface area contributed by atoms with Gasteiger partial charge in [-0.2, -0.15) is 10.2 Å². The summed E-state index contributed by atoms with van der Waals surface area (Å²) in [6.07, 6.45) is 8.39. The number of nitrogens with two attached hydrogens (primary N) is 2. The molecular formula is C45H60FN13O3S. The van der Waals surface area contributed by atoms with Crippen LogP contribution in [0.25, 0.3) is 16.5 Å². The van der Waals surface area contributed by atoms with Crippen LogP contribution in [0.1, 0.15) is 71.6 Å². The summed E-state index contributed by atoms with van der Waals surface area (Å²) in [5.74, 6) is 0.774. The van der Waals surface area contributed by atoms with Crippen LogP contribution >= 0.6 is 11.8 Å². The Bertz CT molecular complexity index is 2460. The van der Waals surface area contributed by atoms with Crippen molar-refractivity contribution in [1.29, 1.82) is 5.41 Å². The number of carbonyl (C=O) groups excluding carboxylic acids is 2. The van der Waals surface area contributed by atoms with Crippen molar-refractivity contribution in [3.63, 3.8) is 0 Å². The van der Waals surface area contributed by atoms with Gasteiger partial charge < -0.3 is 26.5 Å². The van der Waals surface area contributed by atoms with E-state index in [4.69, 9.17) is 26.6 Å². The van der Waals surface area contributed by atoms with Gasteiger partial charge in [-0.3, -0.25) is 25.0 Å². The lowest BCUT2D eigenvalue weighted by Gasteiger charge is -2.34. The number of rotatable bonds is 19. The van der Waals surface area contributed by atoms with Crippen molar-refractivity contribution in [2.75, 3.05) is 36.1 Å². The molecule has 3 atom stereocenters. The minimum Gasteiger partial charge on any atom is -0.485 e. The van der Waals surface area contributed by atoms with Gasteiger partial charge in [-0.1, -0.05) is 26.0 Å². The van der Waals surface area contributed by atoms with Gasteiger partial charge in [-0.15, -0.1) is 11.8 Å². The number of aromatic nitrogens is 4. The zero-order valence-electron chi connectivity index (χ0n) is 37.0. The van der Waals surface area contributed by atoms with Crippen LogP contribution in [-0.4, -0.2) is 93.5 Å². The lowest BCUT2D eigenvalue weighted by molar-refractivity contribution is -0.120. The molecule has 6 rings (SSSR count). The normalized spacial score (nSPS) is 19.1. The first-order valence-electron chi connectivity index (χ1n) is 21.3. The van der Waals surface area contributed by atoms with Gasteiger partial charge in [-0.25, -0.2) is 23.8 Å². The Hall–Kier alpha value is -5.85. The molecule has 2 aromatic carbocycles. The molecule has 3 heterocycles. The van der Waals surface area contributed by atoms with E-state index in [1.807, 2.05) is 40.0 Å². The van der Waals surface area contributed by atoms with Gasteiger partial charge in [0, 0.05) is 85.1 Å². The molecule has 1 fully saturated rings. The molecule has 7 N–H and O–H groups in total. The summed E-state index contributed by atoms with van der Waals surface area (Å²) in [4.78, 5) is 38.4. The highest BCUT2D eigenvalue weighted by Crippen LogP contribution is 2.38. The number of amides is 3. The average Bonchev–Trinajstić information content (AvgIpc) is 3.56. The van der Waals surface area contributed by atoms with Crippen LogP contribution in [0.5, 0.6) is 5.75 Å². The Morgan fingerprint density at radius 2 is 2.03 bits per heavy atom. The Balaban J connectivity index is 1.11. The SMILES string of the molecule is C=Nn1cnc(/C(C=N)=C/N)c(OC(C)C)/c1=N/CN[C@@]1(C)CCC(Sc2cccc(CC(N)CN(CCC(C)C)c3ccc4c(N5CCC(=O)NC5=O)nn(C)c4c3)c2)C=C1F. The molecule has 2 aromatic heterocycles. The molecule has 336 valence electrons. The highest BCUT2D eigenvalue weighted by atomic mass is 32.2. The second kappa shape index (κ2) is 20.6. The molecule has 1 aliphatic heterocycles. The van der Waals surface area contributed by atoms with Crippen molar-refractivity contribution in [2.45, 2.75) is 94.6 Å². The predicted octanol–water partition coefficient (Wildman–Crippen LogP) is 5.85. The molecule has 4 aromatic rings. The standard InChI is InChI=1S/C45H60FN13O3S/c1-28(2)14-17-57(33-11-12-36-37(21-33)56(7)55-42(36)58-18-15-39(60)54-44(58)61)25-32(49)19-30-9-8-10-34(20-30)63-35-13-16-45(5,38(46)22-35)53-26-51-43-41(62-29(3)4)40(31(23-47)24-48)52-27-59(43)50-6/h8-12,20-24,27-29,32,35,47,53H,6,13-19,25-26,48-49H2,1-5,7H3,(H,54,60,61)/b31-24+,47-23?,51-43-/t32?,35?,45-/m0/s1. The van der Waals surface area contributed by atoms with Crippen molar-refractivity contribution >= 4 is 64.6 Å². The number of allylic oxidation sites excluding steroid dienone is 1. The monoisotopic (exact) mass is 881 g/mol. The number of fused-ring (bicyclic) bond motifs is 1. The first kappa shape index (κ1) is 46.6. The molecule has 1 saturated heterocycles. The lowest BCUT2D eigenvalue weighted by Crippen LogP contribution is -2.49. The van der Waals surface area contributed by atoms with Crippen LogP contribution in [0, 0.1) is 11.3 Å². The van der Waals surface area contributed by atoms with Crippen molar-refractivity contribution in [3.05, 3.63) is 83.6 Å². The van der Waals surface area contributed by atoms with E-state index in [1.54, 1.807) is 22.5 Å². The third kappa shape index (κ3) is 11.2. The maximum Gasteiger partial charge on any atom is 0.329 e. The Morgan fingerprint density at radius 1 is 1.24 bits per heavy atom. The number of ether oxygens (including phenoxy) is 1. The van der Waals surface area contributed by atoms with Crippen LogP contribution in [0.4, 0.5) is 20.7 Å². The number of nitrogens with one attached hydrogen (secondary N) is 3. The number of urea groups is 1. The van der Waals surface area contributed by atoms with Gasteiger partial charge >= 0.3 is 6.03 Å². The minimum absolute atomic E-state index is 0.0498. The number of carbonyl (C=O) groups is 2. The van der Waals surface area contributed by atoms with E-state index in [9.17, 15) is 9.59 Å². The highest BCUT2D eigenvalue weighted by molar-refractivity contribution is 8.00. The van der Waals surface area contributed by atoms with Crippen LogP contribution in [-0.2, 0) is 18.3 Å². The van der Waals surface area contributed by atoms with Crippen molar-refractivity contribution in [2.24, 2.45) is 34.5 Å². The zero-order valence-corrected chi connectivity index (χ0v) is 37.8. The summed E-state index contributed by atoms with van der Waals surface area (Å²) in [7, 11) is 1.86. The van der Waals surface area contributed by atoms with E-state index in [0.29, 0.717) is 53.6 Å². The lowest BCUT2D eigenvalue weighted by atomic mass is 9.88. The number of thioether (sulfide) groups is 1. The molecule has 3 amide bonds. The fourth-order valence-electron chi connectivity index (χ4n) is 7.66. The molecule has 0 spiro atoms. The van der Waals surface area contributed by atoms with Gasteiger partial charge in [0.1, 0.15) is 17.8 Å². The second-order valence-corrected chi connectivity index (χ2v) is 18.2. The molecule has 0 bridgehead atoms. The third-order valence-electron chi connectivity index (χ3n) is 11.1. The van der Waals surface area contributed by atoms with E-state index >= 15 is 4.39 Å². The Kier molecular flexibility index (Phi) is 15.2. The van der Waals surface area contributed by atoms with E-state index in [-0.39, 0.29) is 48.8 Å². The number of hydrogen-bond acceptors (Lipinski definition) is 13. The fraction of sp³-hybridized carbons (Fsp3) is 0.444. The van der Waals surface area contributed by atoms with Crippen molar-refractivity contribution in [1.82, 2.24) is 30.1 Å². The fourth-order valence-corrected chi connectivity index (χ4v) is 8.81. The number of nitrogens with zero attached hydrogens (tertiary/aromatic N) is 8. The number of anilines is 2. The summed E-state index contributed by atoms with van der Waals surface area (Å²) in [6.45, 7) is 15.4. The molecule has 2 unspecified atom stereocenters. The zero-order chi connectivity index (χ0) is 45.4. The van der Waals surface area contributed by atoms with E-state index in [1.165, 1.54) is 22.1 Å². The molecule has 63 heavy (non-hydrogen) atoms. The van der Waals surface area contributed by atoms with Gasteiger partial charge in [0.2, 0.25) is 5.91 Å².